The topological polar surface area (TPSA) is 63.1 Å². The van der Waals surface area contributed by atoms with E-state index in [2.05, 4.69) is 16.9 Å². The van der Waals surface area contributed by atoms with Crippen LogP contribution in [0, 0.1) is 0 Å². The van der Waals surface area contributed by atoms with E-state index in [9.17, 15) is 4.79 Å². The molecule has 0 saturated carbocycles. The number of aliphatic carboxylic acids is 1. The molecule has 14 heavy (non-hydrogen) atoms. The van der Waals surface area contributed by atoms with Crippen molar-refractivity contribution in [2.75, 3.05) is 0 Å². The minimum absolute atomic E-state index is 0.0928. The first-order chi connectivity index (χ1) is 6.72. The highest BCUT2D eigenvalue weighted by atomic mass is 16.4. The van der Waals surface area contributed by atoms with Crippen molar-refractivity contribution in [1.29, 1.82) is 0 Å². The van der Waals surface area contributed by atoms with Crippen LogP contribution in [-0.4, -0.2) is 21.0 Å². The smallest absolute Gasteiger partial charge is 0.303 e. The Bertz CT molecular complexity index is 313. The zero-order chi connectivity index (χ0) is 10.4. The van der Waals surface area contributed by atoms with Gasteiger partial charge >= 0.3 is 5.97 Å². The Kier molecular flexibility index (Phi) is 4.04. The second kappa shape index (κ2) is 5.32. The lowest BCUT2D eigenvalue weighted by atomic mass is 10.2. The fourth-order valence-electron chi connectivity index (χ4n) is 1.18. The average Bonchev–Trinajstić information content (AvgIpc) is 2.16. The zero-order valence-electron chi connectivity index (χ0n) is 8.23. The molecule has 0 bridgehead atoms. The van der Waals surface area contributed by atoms with Crippen LogP contribution in [0.1, 0.15) is 31.3 Å². The molecule has 0 saturated heterocycles. The molecule has 0 atom stereocenters. The molecule has 1 rings (SSSR count). The van der Waals surface area contributed by atoms with E-state index in [1.165, 1.54) is 0 Å². The summed E-state index contributed by atoms with van der Waals surface area (Å²) < 4.78 is 0. The molecule has 0 spiro atoms. The van der Waals surface area contributed by atoms with Gasteiger partial charge in [0.05, 0.1) is 6.42 Å². The van der Waals surface area contributed by atoms with Crippen LogP contribution in [0.2, 0.25) is 0 Å². The Morgan fingerprint density at radius 2 is 2.29 bits per heavy atom. The van der Waals surface area contributed by atoms with E-state index in [4.69, 9.17) is 5.11 Å². The highest BCUT2D eigenvalue weighted by Gasteiger charge is 2.02. The van der Waals surface area contributed by atoms with Crippen molar-refractivity contribution in [3.63, 3.8) is 0 Å². The lowest BCUT2D eigenvalue weighted by Gasteiger charge is -2.00. The fourth-order valence-corrected chi connectivity index (χ4v) is 1.18. The van der Waals surface area contributed by atoms with Crippen LogP contribution in [0.5, 0.6) is 0 Å². The van der Waals surface area contributed by atoms with E-state index < -0.39 is 5.97 Å². The largest absolute Gasteiger partial charge is 0.481 e. The summed E-state index contributed by atoms with van der Waals surface area (Å²) in [6.07, 6.45) is 4.15. The van der Waals surface area contributed by atoms with Gasteiger partial charge in [-0.15, -0.1) is 0 Å². The molecular formula is C10H14N2O2. The highest BCUT2D eigenvalue weighted by molar-refractivity contribution is 5.66. The molecule has 1 aromatic rings. The van der Waals surface area contributed by atoms with Crippen molar-refractivity contribution in [2.45, 2.75) is 32.6 Å². The molecule has 4 nitrogen and oxygen atoms in total. The monoisotopic (exact) mass is 194 g/mol. The third-order valence-corrected chi connectivity index (χ3v) is 1.83. The Hall–Kier alpha value is -1.45. The molecule has 0 aromatic carbocycles. The van der Waals surface area contributed by atoms with E-state index in [0.29, 0.717) is 12.2 Å². The summed E-state index contributed by atoms with van der Waals surface area (Å²) in [5, 5.41) is 8.49. The van der Waals surface area contributed by atoms with Gasteiger partial charge in [0, 0.05) is 18.3 Å². The summed E-state index contributed by atoms with van der Waals surface area (Å²) in [4.78, 5) is 18.6. The molecule has 1 heterocycles. The van der Waals surface area contributed by atoms with E-state index in [1.54, 1.807) is 6.20 Å². The van der Waals surface area contributed by atoms with Crippen LogP contribution in [0.4, 0.5) is 0 Å². The molecule has 0 unspecified atom stereocenters. The molecule has 0 aliphatic carbocycles. The van der Waals surface area contributed by atoms with Gasteiger partial charge in [0.15, 0.2) is 0 Å². The van der Waals surface area contributed by atoms with Crippen molar-refractivity contribution in [3.8, 4) is 0 Å². The summed E-state index contributed by atoms with van der Waals surface area (Å²) >= 11 is 0. The van der Waals surface area contributed by atoms with E-state index in [1.807, 2.05) is 6.07 Å². The summed E-state index contributed by atoms with van der Waals surface area (Å²) in [5.41, 5.74) is 0.989. The van der Waals surface area contributed by atoms with Crippen molar-refractivity contribution in [1.82, 2.24) is 9.97 Å². The van der Waals surface area contributed by atoms with Gasteiger partial charge < -0.3 is 5.11 Å². The molecule has 76 valence electrons. The van der Waals surface area contributed by atoms with Gasteiger partial charge in [-0.25, -0.2) is 9.97 Å². The molecule has 0 fully saturated rings. The standard InChI is InChI=1S/C10H14N2O2/c1-2-3-8-6-7-11-9(12-8)4-5-10(13)14/h6-7H,2-5H2,1H3,(H,13,14). The quantitative estimate of drug-likeness (QED) is 0.770. The van der Waals surface area contributed by atoms with Crippen LogP contribution in [0.25, 0.3) is 0 Å². The van der Waals surface area contributed by atoms with E-state index in [0.717, 1.165) is 18.5 Å². The van der Waals surface area contributed by atoms with Crippen LogP contribution in [0.3, 0.4) is 0 Å². The fraction of sp³-hybridized carbons (Fsp3) is 0.500. The van der Waals surface area contributed by atoms with Gasteiger partial charge in [0.2, 0.25) is 0 Å². The minimum Gasteiger partial charge on any atom is -0.481 e. The maximum atomic E-state index is 10.3. The predicted octanol–water partition coefficient (Wildman–Crippen LogP) is 1.45. The number of carboxylic acid groups (broad SMARTS) is 1. The molecule has 4 heteroatoms. The first-order valence-electron chi connectivity index (χ1n) is 4.75. The number of carboxylic acids is 1. The SMILES string of the molecule is CCCc1ccnc(CCC(=O)O)n1. The van der Waals surface area contributed by atoms with Crippen LogP contribution >= 0.6 is 0 Å². The second-order valence-corrected chi connectivity index (χ2v) is 3.11. The summed E-state index contributed by atoms with van der Waals surface area (Å²) in [7, 11) is 0. The lowest BCUT2D eigenvalue weighted by Crippen LogP contribution is -2.03. The van der Waals surface area contributed by atoms with Gasteiger partial charge in [0.1, 0.15) is 5.82 Å². The molecule has 0 aliphatic heterocycles. The molecule has 0 radical (unpaired) electrons. The summed E-state index contributed by atoms with van der Waals surface area (Å²) in [6.45, 7) is 2.08. The minimum atomic E-state index is -0.811. The molecule has 1 aromatic heterocycles. The van der Waals surface area contributed by atoms with Crippen LogP contribution < -0.4 is 0 Å². The zero-order valence-corrected chi connectivity index (χ0v) is 8.23. The van der Waals surface area contributed by atoms with Crippen LogP contribution in [-0.2, 0) is 17.6 Å². The van der Waals surface area contributed by atoms with Gasteiger partial charge in [-0.2, -0.15) is 0 Å². The van der Waals surface area contributed by atoms with E-state index in [-0.39, 0.29) is 6.42 Å². The number of aryl methyl sites for hydroxylation is 2. The Labute approximate surface area is 83.0 Å². The van der Waals surface area contributed by atoms with E-state index >= 15 is 0 Å². The first-order valence-corrected chi connectivity index (χ1v) is 4.75. The number of carbonyl (C=O) groups is 1. The summed E-state index contributed by atoms with van der Waals surface area (Å²) in [6, 6.07) is 1.87. The highest BCUT2D eigenvalue weighted by Crippen LogP contribution is 2.01. The summed E-state index contributed by atoms with van der Waals surface area (Å²) in [5.74, 6) is -0.187. The van der Waals surface area contributed by atoms with Crippen molar-refractivity contribution in [3.05, 3.63) is 23.8 Å². The first kappa shape index (κ1) is 10.6. The Morgan fingerprint density at radius 1 is 1.50 bits per heavy atom. The van der Waals surface area contributed by atoms with Crippen molar-refractivity contribution in [2.24, 2.45) is 0 Å². The maximum Gasteiger partial charge on any atom is 0.303 e. The van der Waals surface area contributed by atoms with Gasteiger partial charge in [0.25, 0.3) is 0 Å². The average molecular weight is 194 g/mol. The predicted molar refractivity (Wildman–Crippen MR) is 52.0 cm³/mol. The van der Waals surface area contributed by atoms with Gasteiger partial charge in [-0.3, -0.25) is 4.79 Å². The number of hydrogen-bond acceptors (Lipinski definition) is 3. The Balaban J connectivity index is 2.58. The molecule has 0 aliphatic rings. The lowest BCUT2D eigenvalue weighted by molar-refractivity contribution is -0.137. The Morgan fingerprint density at radius 3 is 2.93 bits per heavy atom. The molecule has 0 amide bonds. The van der Waals surface area contributed by atoms with Crippen LogP contribution in [0.15, 0.2) is 12.3 Å². The number of rotatable bonds is 5. The number of hydrogen-bond donors (Lipinski definition) is 1. The third kappa shape index (κ3) is 3.51. The second-order valence-electron chi connectivity index (χ2n) is 3.11. The number of aromatic nitrogens is 2. The normalized spacial score (nSPS) is 10.1. The number of nitrogens with zero attached hydrogens (tertiary/aromatic N) is 2. The third-order valence-electron chi connectivity index (χ3n) is 1.83. The molecular weight excluding hydrogens is 180 g/mol. The van der Waals surface area contributed by atoms with Crippen molar-refractivity contribution >= 4 is 5.97 Å². The maximum absolute atomic E-state index is 10.3. The molecule has 1 N–H and O–H groups in total. The van der Waals surface area contributed by atoms with Gasteiger partial charge in [-0.05, 0) is 12.5 Å². The van der Waals surface area contributed by atoms with Gasteiger partial charge in [-0.1, -0.05) is 13.3 Å². The van der Waals surface area contributed by atoms with Crippen molar-refractivity contribution < 1.29 is 9.90 Å².